The SMILES string of the molecule is COc1cc(Br)ccc1N1CCN(CCCCNC(=O)c2ccc(NC(=O)c3ccc(Cl)cc3)cc2)CC1.Cl. The standard InChI is InChI=1S/C29H32BrClN4O3.ClH/c1-38-27-20-23(30)8-13-26(27)35-18-16-34(17-19-35)15-3-2-14-32-28(36)21-6-11-25(12-7-21)33-29(37)22-4-9-24(31)10-5-22;/h4-13,20H,2-3,14-19H2,1H3,(H,32,36)(H,33,37);1H. The molecule has 39 heavy (non-hydrogen) atoms. The van der Waals surface area contributed by atoms with Crippen molar-refractivity contribution in [3.63, 3.8) is 0 Å². The highest BCUT2D eigenvalue weighted by atomic mass is 79.9. The Morgan fingerprint density at radius 2 is 1.54 bits per heavy atom. The lowest BCUT2D eigenvalue weighted by molar-refractivity contribution is 0.0952. The first-order valence-electron chi connectivity index (χ1n) is 12.7. The van der Waals surface area contributed by atoms with Gasteiger partial charge in [0.1, 0.15) is 5.75 Å². The fraction of sp³-hybridized carbons (Fsp3) is 0.310. The first kappa shape index (κ1) is 30.8. The molecule has 0 radical (unpaired) electrons. The Morgan fingerprint density at radius 3 is 2.21 bits per heavy atom. The van der Waals surface area contributed by atoms with Crippen LogP contribution in [0, 0.1) is 0 Å². The lowest BCUT2D eigenvalue weighted by Gasteiger charge is -2.36. The first-order chi connectivity index (χ1) is 18.4. The molecule has 0 saturated carbocycles. The third-order valence-corrected chi connectivity index (χ3v) is 7.30. The highest BCUT2D eigenvalue weighted by Crippen LogP contribution is 2.31. The number of hydrogen-bond acceptors (Lipinski definition) is 5. The molecule has 10 heteroatoms. The van der Waals surface area contributed by atoms with Crippen LogP contribution in [0.3, 0.4) is 0 Å². The molecule has 1 aliphatic heterocycles. The fourth-order valence-electron chi connectivity index (χ4n) is 4.40. The predicted octanol–water partition coefficient (Wildman–Crippen LogP) is 6.12. The van der Waals surface area contributed by atoms with Crippen molar-refractivity contribution in [3.05, 3.63) is 87.4 Å². The molecule has 0 spiro atoms. The second kappa shape index (κ2) is 15.1. The van der Waals surface area contributed by atoms with Gasteiger partial charge in [0.15, 0.2) is 0 Å². The van der Waals surface area contributed by atoms with E-state index in [1.807, 2.05) is 12.1 Å². The fourth-order valence-corrected chi connectivity index (χ4v) is 4.87. The van der Waals surface area contributed by atoms with Gasteiger partial charge in [-0.05, 0) is 86.1 Å². The second-order valence-electron chi connectivity index (χ2n) is 9.15. The van der Waals surface area contributed by atoms with Gasteiger partial charge in [0.25, 0.3) is 11.8 Å². The summed E-state index contributed by atoms with van der Waals surface area (Å²) < 4.78 is 6.56. The summed E-state index contributed by atoms with van der Waals surface area (Å²) in [5.41, 5.74) is 2.84. The number of methoxy groups -OCH3 is 1. The summed E-state index contributed by atoms with van der Waals surface area (Å²) in [6, 6.07) is 19.7. The molecule has 0 unspecified atom stereocenters. The number of carbonyl (C=O) groups is 2. The van der Waals surface area contributed by atoms with Gasteiger partial charge in [-0.25, -0.2) is 0 Å². The number of anilines is 2. The number of benzene rings is 3. The Hall–Kier alpha value is -2.78. The molecule has 3 aromatic carbocycles. The maximum Gasteiger partial charge on any atom is 0.255 e. The van der Waals surface area contributed by atoms with E-state index in [1.54, 1.807) is 55.6 Å². The lowest BCUT2D eigenvalue weighted by atomic mass is 10.1. The normalized spacial score (nSPS) is 13.4. The van der Waals surface area contributed by atoms with Crippen molar-refractivity contribution in [2.75, 3.05) is 56.6 Å². The van der Waals surface area contributed by atoms with Crippen LogP contribution in [0.4, 0.5) is 11.4 Å². The molecule has 1 saturated heterocycles. The maximum atomic E-state index is 12.5. The quantitative estimate of drug-likeness (QED) is 0.263. The van der Waals surface area contributed by atoms with Crippen LogP contribution in [-0.4, -0.2) is 63.1 Å². The van der Waals surface area contributed by atoms with Gasteiger partial charge in [0.05, 0.1) is 12.8 Å². The molecule has 3 aromatic rings. The van der Waals surface area contributed by atoms with Gasteiger partial charge >= 0.3 is 0 Å². The molecule has 1 aliphatic rings. The number of nitrogens with zero attached hydrogens (tertiary/aromatic N) is 2. The number of unbranched alkanes of at least 4 members (excludes halogenated alkanes) is 1. The molecule has 0 aliphatic carbocycles. The highest BCUT2D eigenvalue weighted by molar-refractivity contribution is 9.10. The Morgan fingerprint density at radius 1 is 0.897 bits per heavy atom. The van der Waals surface area contributed by atoms with Gasteiger partial charge in [-0.15, -0.1) is 12.4 Å². The van der Waals surface area contributed by atoms with E-state index < -0.39 is 0 Å². The van der Waals surface area contributed by atoms with E-state index >= 15 is 0 Å². The monoisotopic (exact) mass is 634 g/mol. The number of rotatable bonds is 10. The third-order valence-electron chi connectivity index (χ3n) is 6.55. The Kier molecular flexibility index (Phi) is 11.9. The van der Waals surface area contributed by atoms with E-state index in [1.165, 1.54) is 0 Å². The van der Waals surface area contributed by atoms with Crippen molar-refractivity contribution in [1.29, 1.82) is 0 Å². The minimum atomic E-state index is -0.228. The molecule has 2 amide bonds. The third kappa shape index (κ3) is 8.86. The van der Waals surface area contributed by atoms with Gasteiger partial charge < -0.3 is 20.3 Å². The molecule has 1 fully saturated rings. The maximum absolute atomic E-state index is 12.5. The summed E-state index contributed by atoms with van der Waals surface area (Å²) in [6.45, 7) is 5.59. The van der Waals surface area contributed by atoms with Gasteiger partial charge in [0, 0.05) is 59.0 Å². The zero-order valence-electron chi connectivity index (χ0n) is 21.8. The molecule has 0 aromatic heterocycles. The molecule has 4 rings (SSSR count). The van der Waals surface area contributed by atoms with Crippen molar-refractivity contribution in [3.8, 4) is 5.75 Å². The summed E-state index contributed by atoms with van der Waals surface area (Å²) in [7, 11) is 1.71. The predicted molar refractivity (Wildman–Crippen MR) is 164 cm³/mol. The van der Waals surface area contributed by atoms with Crippen LogP contribution >= 0.6 is 39.9 Å². The van der Waals surface area contributed by atoms with Crippen LogP contribution in [0.5, 0.6) is 5.75 Å². The van der Waals surface area contributed by atoms with Crippen LogP contribution < -0.4 is 20.3 Å². The van der Waals surface area contributed by atoms with E-state index in [0.717, 1.165) is 61.5 Å². The number of nitrogens with one attached hydrogen (secondary N) is 2. The number of ether oxygens (including phenoxy) is 1. The highest BCUT2D eigenvalue weighted by Gasteiger charge is 2.19. The van der Waals surface area contributed by atoms with Crippen molar-refractivity contribution in [1.82, 2.24) is 10.2 Å². The molecule has 7 nitrogen and oxygen atoms in total. The van der Waals surface area contributed by atoms with E-state index in [2.05, 4.69) is 42.4 Å². The van der Waals surface area contributed by atoms with Crippen LogP contribution in [0.15, 0.2) is 71.2 Å². The van der Waals surface area contributed by atoms with Crippen LogP contribution in [0.1, 0.15) is 33.6 Å². The largest absolute Gasteiger partial charge is 0.495 e. The van der Waals surface area contributed by atoms with Crippen LogP contribution in [-0.2, 0) is 0 Å². The van der Waals surface area contributed by atoms with E-state index in [4.69, 9.17) is 16.3 Å². The van der Waals surface area contributed by atoms with Gasteiger partial charge in [-0.1, -0.05) is 27.5 Å². The molecule has 0 atom stereocenters. The van der Waals surface area contributed by atoms with Gasteiger partial charge in [-0.3, -0.25) is 14.5 Å². The molecular weight excluding hydrogens is 603 g/mol. The minimum absolute atomic E-state index is 0. The topological polar surface area (TPSA) is 73.9 Å². The second-order valence-corrected chi connectivity index (χ2v) is 10.5. The zero-order valence-corrected chi connectivity index (χ0v) is 24.9. The Labute approximate surface area is 249 Å². The van der Waals surface area contributed by atoms with Crippen molar-refractivity contribution < 1.29 is 14.3 Å². The minimum Gasteiger partial charge on any atom is -0.495 e. The van der Waals surface area contributed by atoms with Crippen molar-refractivity contribution >= 4 is 63.1 Å². The summed E-state index contributed by atoms with van der Waals surface area (Å²) in [4.78, 5) is 29.7. The summed E-state index contributed by atoms with van der Waals surface area (Å²) >= 11 is 9.37. The van der Waals surface area contributed by atoms with Crippen molar-refractivity contribution in [2.45, 2.75) is 12.8 Å². The summed E-state index contributed by atoms with van der Waals surface area (Å²) in [5, 5.41) is 6.39. The van der Waals surface area contributed by atoms with E-state index in [0.29, 0.717) is 28.4 Å². The zero-order chi connectivity index (χ0) is 26.9. The number of piperazine rings is 1. The average Bonchev–Trinajstić information content (AvgIpc) is 2.94. The van der Waals surface area contributed by atoms with E-state index in [-0.39, 0.29) is 24.2 Å². The average molecular weight is 636 g/mol. The number of hydrogen-bond donors (Lipinski definition) is 2. The summed E-state index contributed by atoms with van der Waals surface area (Å²) in [6.07, 6.45) is 1.94. The summed E-state index contributed by atoms with van der Waals surface area (Å²) in [5.74, 6) is 0.548. The van der Waals surface area contributed by atoms with E-state index in [9.17, 15) is 9.59 Å². The molecule has 208 valence electrons. The molecule has 2 N–H and O–H groups in total. The van der Waals surface area contributed by atoms with Crippen molar-refractivity contribution in [2.24, 2.45) is 0 Å². The Balaban J connectivity index is 0.00000420. The number of halogens is 3. The molecule has 0 bridgehead atoms. The van der Waals surface area contributed by atoms with Crippen LogP contribution in [0.2, 0.25) is 5.02 Å². The molecule has 1 heterocycles. The first-order valence-corrected chi connectivity index (χ1v) is 13.9. The Bertz CT molecular complexity index is 1230. The molecular formula is C29H33BrCl2N4O3. The lowest BCUT2D eigenvalue weighted by Crippen LogP contribution is -2.46. The van der Waals surface area contributed by atoms with Crippen LogP contribution in [0.25, 0.3) is 0 Å². The number of carbonyl (C=O) groups excluding carboxylic acids is 2. The van der Waals surface area contributed by atoms with Gasteiger partial charge in [0.2, 0.25) is 0 Å². The van der Waals surface area contributed by atoms with Gasteiger partial charge in [-0.2, -0.15) is 0 Å². The number of amides is 2. The smallest absolute Gasteiger partial charge is 0.255 e.